The first-order chi connectivity index (χ1) is 6.24. The molecule has 2 N–H and O–H groups in total. The molecule has 0 aliphatic heterocycles. The first-order valence-electron chi connectivity index (χ1n) is 3.78. The lowest BCUT2D eigenvalue weighted by Gasteiger charge is -2.06. The highest BCUT2D eigenvalue weighted by atomic mass is 35.5. The van der Waals surface area contributed by atoms with Crippen molar-refractivity contribution >= 4 is 17.3 Å². The van der Waals surface area contributed by atoms with Gasteiger partial charge in [-0.25, -0.2) is 0 Å². The second-order valence-electron chi connectivity index (χ2n) is 2.37. The second kappa shape index (κ2) is 4.89. The molecule has 0 unspecified atom stereocenters. The van der Waals surface area contributed by atoms with E-state index in [0.29, 0.717) is 29.9 Å². The van der Waals surface area contributed by atoms with Crippen LogP contribution in [0.4, 0.5) is 5.69 Å². The summed E-state index contributed by atoms with van der Waals surface area (Å²) in [6, 6.07) is 3.26. The molecular weight excluding hydrogens is 192 g/mol. The quantitative estimate of drug-likeness (QED) is 0.592. The number of anilines is 1. The van der Waals surface area contributed by atoms with Crippen molar-refractivity contribution in [2.24, 2.45) is 0 Å². The minimum Gasteiger partial charge on any atom is -0.474 e. The number of methoxy groups -OCH3 is 1. The van der Waals surface area contributed by atoms with Crippen LogP contribution in [0.3, 0.4) is 0 Å². The fourth-order valence-corrected chi connectivity index (χ4v) is 0.906. The molecule has 72 valence electrons. The maximum Gasteiger partial charge on any atom is 0.238 e. The molecule has 0 atom stereocenters. The van der Waals surface area contributed by atoms with Crippen molar-refractivity contribution in [1.82, 2.24) is 4.98 Å². The van der Waals surface area contributed by atoms with E-state index in [4.69, 9.17) is 26.8 Å². The molecular formula is C8H11ClN2O2. The lowest BCUT2D eigenvalue weighted by molar-refractivity contribution is 0.144. The zero-order chi connectivity index (χ0) is 9.68. The van der Waals surface area contributed by atoms with Crippen LogP contribution in [0.1, 0.15) is 0 Å². The number of pyridine rings is 1. The minimum absolute atomic E-state index is 0.351. The van der Waals surface area contributed by atoms with Crippen LogP contribution in [0.25, 0.3) is 0 Å². The van der Waals surface area contributed by atoms with Gasteiger partial charge in [0.05, 0.1) is 12.3 Å². The van der Waals surface area contributed by atoms with Gasteiger partial charge in [-0.2, -0.15) is 4.98 Å². The molecule has 0 saturated carbocycles. The van der Waals surface area contributed by atoms with E-state index in [9.17, 15) is 0 Å². The van der Waals surface area contributed by atoms with Gasteiger partial charge in [-0.3, -0.25) is 0 Å². The molecule has 1 aromatic heterocycles. The number of nitrogen functional groups attached to an aromatic ring is 1. The maximum absolute atomic E-state index is 5.65. The highest BCUT2D eigenvalue weighted by Gasteiger charge is 2.02. The first-order valence-corrected chi connectivity index (χ1v) is 4.15. The fourth-order valence-electron chi connectivity index (χ4n) is 0.766. The van der Waals surface area contributed by atoms with Crippen molar-refractivity contribution in [2.75, 3.05) is 26.1 Å². The van der Waals surface area contributed by atoms with Gasteiger partial charge in [0, 0.05) is 7.11 Å². The van der Waals surface area contributed by atoms with Gasteiger partial charge in [-0.05, 0) is 12.1 Å². The second-order valence-corrected chi connectivity index (χ2v) is 2.76. The van der Waals surface area contributed by atoms with Crippen molar-refractivity contribution < 1.29 is 9.47 Å². The molecule has 0 amide bonds. The van der Waals surface area contributed by atoms with Crippen LogP contribution < -0.4 is 10.5 Å². The third-order valence-electron chi connectivity index (χ3n) is 1.38. The summed E-state index contributed by atoms with van der Waals surface area (Å²) in [5, 5.41) is 0.363. The van der Waals surface area contributed by atoms with E-state index in [2.05, 4.69) is 4.98 Å². The van der Waals surface area contributed by atoms with E-state index in [1.807, 2.05) is 0 Å². The van der Waals surface area contributed by atoms with Gasteiger partial charge in [0.1, 0.15) is 11.8 Å². The molecule has 0 aliphatic carbocycles. The van der Waals surface area contributed by atoms with Crippen LogP contribution in [-0.4, -0.2) is 25.3 Å². The number of hydrogen-bond acceptors (Lipinski definition) is 4. The molecule has 0 fully saturated rings. The number of halogens is 1. The van der Waals surface area contributed by atoms with Crippen molar-refractivity contribution in [2.45, 2.75) is 0 Å². The van der Waals surface area contributed by atoms with Crippen molar-refractivity contribution in [3.8, 4) is 5.88 Å². The lowest BCUT2D eigenvalue weighted by Crippen LogP contribution is -2.07. The predicted molar refractivity (Wildman–Crippen MR) is 51.0 cm³/mol. The van der Waals surface area contributed by atoms with Gasteiger partial charge in [-0.15, -0.1) is 0 Å². The Hall–Kier alpha value is -1.00. The average molecular weight is 203 g/mol. The number of ether oxygens (including phenoxy) is 2. The highest BCUT2D eigenvalue weighted by Crippen LogP contribution is 2.20. The maximum atomic E-state index is 5.65. The summed E-state index contributed by atoms with van der Waals surface area (Å²) in [6.45, 7) is 0.904. The molecule has 1 heterocycles. The number of aromatic nitrogens is 1. The molecule has 4 nitrogen and oxygen atoms in total. The fraction of sp³-hybridized carbons (Fsp3) is 0.375. The average Bonchev–Trinajstić information content (AvgIpc) is 2.11. The normalized spacial score (nSPS) is 10.0. The summed E-state index contributed by atoms with van der Waals surface area (Å²) in [5.74, 6) is 0.351. The lowest BCUT2D eigenvalue weighted by atomic mass is 10.4. The van der Waals surface area contributed by atoms with Crippen LogP contribution in [0, 0.1) is 0 Å². The Balaban J connectivity index is 2.59. The smallest absolute Gasteiger partial charge is 0.238 e. The number of rotatable bonds is 4. The van der Waals surface area contributed by atoms with Crippen LogP contribution in [0.15, 0.2) is 12.1 Å². The topological polar surface area (TPSA) is 57.4 Å². The van der Waals surface area contributed by atoms with Gasteiger partial charge in [0.15, 0.2) is 0 Å². The third-order valence-corrected chi connectivity index (χ3v) is 1.59. The Kier molecular flexibility index (Phi) is 3.79. The van der Waals surface area contributed by atoms with E-state index in [1.165, 1.54) is 0 Å². The monoisotopic (exact) mass is 202 g/mol. The Morgan fingerprint density at radius 3 is 2.92 bits per heavy atom. The molecule has 0 aromatic carbocycles. The number of nitrogens with zero attached hydrogens (tertiary/aromatic N) is 1. The summed E-state index contributed by atoms with van der Waals surface area (Å²) in [4.78, 5) is 3.91. The Bertz CT molecular complexity index is 281. The van der Waals surface area contributed by atoms with Gasteiger partial charge in [0.25, 0.3) is 0 Å². The molecule has 5 heteroatoms. The molecule has 1 rings (SSSR count). The van der Waals surface area contributed by atoms with E-state index < -0.39 is 0 Å². The zero-order valence-corrected chi connectivity index (χ0v) is 8.04. The molecule has 0 radical (unpaired) electrons. The van der Waals surface area contributed by atoms with Crippen molar-refractivity contribution in [3.63, 3.8) is 0 Å². The first kappa shape index (κ1) is 10.1. The number of hydrogen-bond donors (Lipinski definition) is 1. The van der Waals surface area contributed by atoms with Crippen LogP contribution in [0.5, 0.6) is 5.88 Å². The van der Waals surface area contributed by atoms with E-state index in [0.717, 1.165) is 0 Å². The van der Waals surface area contributed by atoms with E-state index in [1.54, 1.807) is 19.2 Å². The summed E-state index contributed by atoms with van der Waals surface area (Å²) in [5.41, 5.74) is 6.06. The Morgan fingerprint density at radius 1 is 1.46 bits per heavy atom. The zero-order valence-electron chi connectivity index (χ0n) is 7.29. The van der Waals surface area contributed by atoms with Gasteiger partial charge >= 0.3 is 0 Å². The summed E-state index contributed by atoms with van der Waals surface area (Å²) in [6.07, 6.45) is 0. The minimum atomic E-state index is 0.351. The van der Waals surface area contributed by atoms with Gasteiger partial charge in [-0.1, -0.05) is 11.6 Å². The molecule has 0 aliphatic rings. The Morgan fingerprint density at radius 2 is 2.23 bits per heavy atom. The number of nitrogens with two attached hydrogens (primary N) is 1. The standard InChI is InChI=1S/C8H11ClN2O2/c1-12-4-5-13-8-6(10)2-3-7(9)11-8/h2-3H,4-5,10H2,1H3. The van der Waals surface area contributed by atoms with Crippen LogP contribution in [0.2, 0.25) is 5.15 Å². The van der Waals surface area contributed by atoms with Crippen molar-refractivity contribution in [3.05, 3.63) is 17.3 Å². The third kappa shape index (κ3) is 3.08. The molecule has 0 spiro atoms. The predicted octanol–water partition coefficient (Wildman–Crippen LogP) is 1.34. The molecule has 0 saturated heterocycles. The summed E-state index contributed by atoms with van der Waals surface area (Å²) in [7, 11) is 1.60. The van der Waals surface area contributed by atoms with E-state index >= 15 is 0 Å². The Labute approximate surface area is 81.6 Å². The van der Waals surface area contributed by atoms with Crippen LogP contribution >= 0.6 is 11.6 Å². The summed E-state index contributed by atoms with van der Waals surface area (Å²) < 4.78 is 10.0. The molecule has 0 bridgehead atoms. The van der Waals surface area contributed by atoms with Crippen molar-refractivity contribution in [1.29, 1.82) is 0 Å². The largest absolute Gasteiger partial charge is 0.474 e. The SMILES string of the molecule is COCCOc1nc(Cl)ccc1N. The molecule has 13 heavy (non-hydrogen) atoms. The molecule has 1 aromatic rings. The van der Waals surface area contributed by atoms with Gasteiger partial charge in [0.2, 0.25) is 5.88 Å². The highest BCUT2D eigenvalue weighted by molar-refractivity contribution is 6.29. The summed E-state index contributed by atoms with van der Waals surface area (Å²) >= 11 is 5.65. The van der Waals surface area contributed by atoms with Gasteiger partial charge < -0.3 is 15.2 Å². The van der Waals surface area contributed by atoms with Crippen LogP contribution in [-0.2, 0) is 4.74 Å². The van der Waals surface area contributed by atoms with E-state index in [-0.39, 0.29) is 0 Å².